The number of anilines is 1. The van der Waals surface area contributed by atoms with Crippen molar-refractivity contribution in [2.75, 3.05) is 30.5 Å². The second kappa shape index (κ2) is 20.7. The minimum absolute atomic E-state index is 0.178. The van der Waals surface area contributed by atoms with Crippen LogP contribution in [0.1, 0.15) is 122 Å². The summed E-state index contributed by atoms with van der Waals surface area (Å²) in [6.45, 7) is 17.2. The molecule has 0 bridgehead atoms. The standard InChI is InChI=1S/C39H57N2O4S2.C7H8O3S/c1-9-11-13-15-17-26-40-34-24-22-30(44-45-46-7)28-32(34)38(3,4)36(40)20-19-21-37-39(5,6)33-29-31(47(8,42)43)23-25-35(33)41(37)27-18-16-14-12-10-2;1-6-2-4-7(5-3-6)11(8,9)10/h19-25,28-29H,9-18,26-27H2,1-8H3;2-5H,1H3,(H,8,9,10)/q+1;/p-1. The van der Waals surface area contributed by atoms with Gasteiger partial charge in [-0.3, -0.25) is 0 Å². The highest BCUT2D eigenvalue weighted by Gasteiger charge is 2.45. The Balaban J connectivity index is 0.000000583. The van der Waals surface area contributed by atoms with Gasteiger partial charge in [-0.05, 0) is 87.7 Å². The van der Waals surface area contributed by atoms with E-state index < -0.39 is 20.0 Å². The van der Waals surface area contributed by atoms with Gasteiger partial charge in [-0.2, -0.15) is 4.58 Å². The lowest BCUT2D eigenvalue weighted by atomic mass is 9.81. The molecule has 3 aromatic carbocycles. The lowest BCUT2D eigenvalue weighted by molar-refractivity contribution is -0.438. The number of nitrogens with zero attached hydrogens (tertiary/aromatic N) is 2. The summed E-state index contributed by atoms with van der Waals surface area (Å²) in [6.07, 6.45) is 22.0. The molecule has 0 unspecified atom stereocenters. The summed E-state index contributed by atoms with van der Waals surface area (Å²) in [7, 11) is -7.58. The van der Waals surface area contributed by atoms with Gasteiger partial charge in [0.2, 0.25) is 5.69 Å². The summed E-state index contributed by atoms with van der Waals surface area (Å²) in [5, 5.41) is 0. The van der Waals surface area contributed by atoms with Crippen LogP contribution >= 0.6 is 12.0 Å². The van der Waals surface area contributed by atoms with E-state index in [1.807, 2.05) is 31.4 Å². The third kappa shape index (κ3) is 11.9. The van der Waals surface area contributed by atoms with Crippen LogP contribution in [0.3, 0.4) is 0 Å². The maximum atomic E-state index is 12.5. The van der Waals surface area contributed by atoms with Gasteiger partial charge in [-0.15, -0.1) is 4.33 Å². The van der Waals surface area contributed by atoms with Crippen molar-refractivity contribution in [2.45, 2.75) is 133 Å². The number of allylic oxidation sites excluding steroid dienone is 4. The molecule has 0 spiro atoms. The lowest BCUT2D eigenvalue weighted by Crippen LogP contribution is -2.28. The lowest BCUT2D eigenvalue weighted by Gasteiger charge is -2.27. The Morgan fingerprint density at radius 3 is 2.00 bits per heavy atom. The van der Waals surface area contributed by atoms with Gasteiger partial charge in [0.05, 0.1) is 15.2 Å². The summed E-state index contributed by atoms with van der Waals surface area (Å²) >= 11 is 1.19. The van der Waals surface area contributed by atoms with Crippen molar-refractivity contribution in [3.8, 4) is 5.75 Å². The van der Waals surface area contributed by atoms with Crippen molar-refractivity contribution < 1.29 is 35.2 Å². The predicted molar refractivity (Wildman–Crippen MR) is 238 cm³/mol. The van der Waals surface area contributed by atoms with Crippen LogP contribution in [0.5, 0.6) is 5.75 Å². The smallest absolute Gasteiger partial charge is 0.210 e. The molecule has 12 heteroatoms. The summed E-state index contributed by atoms with van der Waals surface area (Å²) in [6, 6.07) is 17.7. The van der Waals surface area contributed by atoms with E-state index in [0.29, 0.717) is 10.6 Å². The van der Waals surface area contributed by atoms with Crippen molar-refractivity contribution in [3.63, 3.8) is 0 Å². The average molecular weight is 853 g/mol. The van der Waals surface area contributed by atoms with Crippen molar-refractivity contribution in [1.29, 1.82) is 0 Å². The second-order valence-corrected chi connectivity index (χ2v) is 20.3. The Morgan fingerprint density at radius 1 is 0.776 bits per heavy atom. The molecule has 2 heterocycles. The number of unbranched alkanes of at least 4 members (excludes halogenated alkanes) is 8. The van der Waals surface area contributed by atoms with Crippen LogP contribution in [-0.2, 0) is 35.1 Å². The highest BCUT2D eigenvalue weighted by Crippen LogP contribution is 2.49. The second-order valence-electron chi connectivity index (χ2n) is 16.4. The topological polar surface area (TPSA) is 116 Å². The molecule has 3 aromatic rings. The summed E-state index contributed by atoms with van der Waals surface area (Å²) in [5.41, 5.74) is 7.47. The first-order chi connectivity index (χ1) is 27.4. The molecule has 0 aromatic heterocycles. The number of hydrogen-bond acceptors (Lipinski definition) is 9. The number of fused-ring (bicyclic) bond motifs is 2. The fourth-order valence-corrected chi connectivity index (χ4v) is 9.09. The molecule has 0 fully saturated rings. The highest BCUT2D eigenvalue weighted by atomic mass is 32.2. The van der Waals surface area contributed by atoms with E-state index in [1.54, 1.807) is 18.2 Å². The zero-order chi connectivity index (χ0) is 42.7. The fraction of sp³-hybridized carbons (Fsp3) is 0.500. The van der Waals surface area contributed by atoms with Gasteiger partial charge in [0.15, 0.2) is 21.3 Å². The largest absolute Gasteiger partial charge is 0.744 e. The van der Waals surface area contributed by atoms with E-state index >= 15 is 0 Å². The monoisotopic (exact) mass is 852 g/mol. The minimum Gasteiger partial charge on any atom is -0.744 e. The van der Waals surface area contributed by atoms with Crippen LogP contribution in [0.15, 0.2) is 94.4 Å². The molecular formula is C46H64N2O7S3. The Hall–Kier alpha value is -3.42. The Morgan fingerprint density at radius 2 is 1.40 bits per heavy atom. The van der Waals surface area contributed by atoms with Gasteiger partial charge in [-0.25, -0.2) is 16.8 Å². The molecule has 58 heavy (non-hydrogen) atoms. The van der Waals surface area contributed by atoms with Crippen LogP contribution in [-0.4, -0.2) is 57.3 Å². The van der Waals surface area contributed by atoms with E-state index in [-0.39, 0.29) is 15.7 Å². The van der Waals surface area contributed by atoms with Gasteiger partial charge in [0.1, 0.15) is 16.7 Å². The maximum Gasteiger partial charge on any atom is 0.210 e. The molecule has 9 nitrogen and oxygen atoms in total. The molecule has 0 saturated heterocycles. The number of rotatable bonds is 19. The third-order valence-electron chi connectivity index (χ3n) is 11.1. The molecule has 0 amide bonds. The Labute approximate surface area is 353 Å². The number of aryl methyl sites for hydroxylation is 1. The third-order valence-corrected chi connectivity index (χ3v) is 13.3. The molecule has 0 atom stereocenters. The van der Waals surface area contributed by atoms with Gasteiger partial charge in [-0.1, -0.05) is 96.4 Å². The van der Waals surface area contributed by atoms with E-state index in [0.717, 1.165) is 42.7 Å². The van der Waals surface area contributed by atoms with Crippen molar-refractivity contribution in [1.82, 2.24) is 0 Å². The van der Waals surface area contributed by atoms with Gasteiger partial charge in [0, 0.05) is 72.0 Å². The summed E-state index contributed by atoms with van der Waals surface area (Å²) < 4.78 is 63.9. The molecule has 2 aliphatic rings. The first kappa shape index (κ1) is 47.3. The van der Waals surface area contributed by atoms with Crippen LogP contribution in [0, 0.1) is 6.92 Å². The maximum absolute atomic E-state index is 12.5. The van der Waals surface area contributed by atoms with Crippen LogP contribution in [0.4, 0.5) is 11.4 Å². The van der Waals surface area contributed by atoms with Crippen molar-refractivity contribution in [2.24, 2.45) is 0 Å². The van der Waals surface area contributed by atoms with E-state index in [2.05, 4.69) is 81.4 Å². The van der Waals surface area contributed by atoms with Gasteiger partial charge >= 0.3 is 0 Å². The van der Waals surface area contributed by atoms with Gasteiger partial charge in [0.25, 0.3) is 0 Å². The fourth-order valence-electron chi connectivity index (χ4n) is 7.83. The average Bonchev–Trinajstić information content (AvgIpc) is 3.51. The zero-order valence-electron chi connectivity index (χ0n) is 36.0. The molecule has 0 saturated carbocycles. The summed E-state index contributed by atoms with van der Waals surface area (Å²) in [5.74, 6) is 0.704. The van der Waals surface area contributed by atoms with Gasteiger partial charge < -0.3 is 14.3 Å². The first-order valence-electron chi connectivity index (χ1n) is 20.6. The zero-order valence-corrected chi connectivity index (χ0v) is 38.4. The molecule has 5 rings (SSSR count). The number of benzene rings is 3. The number of sulfone groups is 1. The quantitative estimate of drug-likeness (QED) is 0.0290. The molecule has 2 aliphatic heterocycles. The Bertz CT molecular complexity index is 2170. The van der Waals surface area contributed by atoms with Crippen molar-refractivity contribution >= 4 is 49.1 Å². The summed E-state index contributed by atoms with van der Waals surface area (Å²) in [4.78, 5) is 8.16. The minimum atomic E-state index is -4.27. The molecule has 0 aliphatic carbocycles. The first-order valence-corrected chi connectivity index (χ1v) is 25.0. The Kier molecular flexibility index (Phi) is 16.9. The molecule has 0 radical (unpaired) electrons. The highest BCUT2D eigenvalue weighted by molar-refractivity contribution is 7.93. The normalized spacial score (nSPS) is 16.4. The SMILES string of the molecule is CCCCCCCN1C(=CC=CC2=[N+](CCCCCCC)c3ccc(OOSC)cc3C2(C)C)C(C)(C)c2cc(S(C)(=O)=O)ccc21.Cc1ccc(S(=O)(=O)[O-])cc1. The predicted octanol–water partition coefficient (Wildman–Crippen LogP) is 11.1. The van der Waals surface area contributed by atoms with E-state index in [4.69, 9.17) is 9.22 Å². The molecule has 318 valence electrons. The van der Waals surface area contributed by atoms with Crippen LogP contribution < -0.4 is 9.79 Å². The molecular weight excluding hydrogens is 789 g/mol. The van der Waals surface area contributed by atoms with E-state index in [9.17, 15) is 21.4 Å². The van der Waals surface area contributed by atoms with Crippen molar-refractivity contribution in [3.05, 3.63) is 101 Å². The van der Waals surface area contributed by atoms with Crippen LogP contribution in [0.2, 0.25) is 0 Å². The molecule has 0 N–H and O–H groups in total. The van der Waals surface area contributed by atoms with Crippen LogP contribution in [0.25, 0.3) is 0 Å². The number of hydrogen-bond donors (Lipinski definition) is 0. The van der Waals surface area contributed by atoms with E-state index in [1.165, 1.54) is 104 Å².